The molecular weight excluding hydrogens is 280 g/mol. The van der Waals surface area contributed by atoms with Crippen molar-refractivity contribution >= 4 is 11.8 Å². The van der Waals surface area contributed by atoms with Crippen molar-refractivity contribution in [3.8, 4) is 0 Å². The maximum Gasteiger partial charge on any atom is 0.247 e. The van der Waals surface area contributed by atoms with Crippen LogP contribution in [-0.2, 0) is 16.0 Å². The SMILES string of the molecule is CCC(C)[C@@H](C(N)=O)[C@H](CCCc1ccccc1)C(=O)NO. The van der Waals surface area contributed by atoms with E-state index in [0.29, 0.717) is 6.42 Å². The van der Waals surface area contributed by atoms with Gasteiger partial charge in [0.15, 0.2) is 0 Å². The van der Waals surface area contributed by atoms with Gasteiger partial charge in [-0.05, 0) is 30.7 Å². The van der Waals surface area contributed by atoms with E-state index in [0.717, 1.165) is 19.3 Å². The highest BCUT2D eigenvalue weighted by Crippen LogP contribution is 2.28. The van der Waals surface area contributed by atoms with Gasteiger partial charge in [0.25, 0.3) is 0 Å². The number of nitrogens with one attached hydrogen (secondary N) is 1. The Balaban J connectivity index is 2.75. The topological polar surface area (TPSA) is 92.4 Å². The molecule has 4 N–H and O–H groups in total. The highest BCUT2D eigenvalue weighted by Gasteiger charge is 2.35. The highest BCUT2D eigenvalue weighted by atomic mass is 16.5. The summed E-state index contributed by atoms with van der Waals surface area (Å²) in [6, 6.07) is 9.96. The van der Waals surface area contributed by atoms with Crippen LogP contribution in [0.2, 0.25) is 0 Å². The maximum atomic E-state index is 12.0. The molecule has 0 saturated heterocycles. The van der Waals surface area contributed by atoms with Crippen molar-refractivity contribution in [1.82, 2.24) is 5.48 Å². The van der Waals surface area contributed by atoms with E-state index in [1.165, 1.54) is 5.56 Å². The number of hydroxylamine groups is 1. The zero-order chi connectivity index (χ0) is 16.5. The molecule has 0 bridgehead atoms. The Morgan fingerprint density at radius 2 is 1.91 bits per heavy atom. The molecule has 2 amide bonds. The normalized spacial score (nSPS) is 14.9. The minimum absolute atomic E-state index is 0.00322. The molecule has 1 rings (SSSR count). The van der Waals surface area contributed by atoms with Gasteiger partial charge in [0.2, 0.25) is 11.8 Å². The summed E-state index contributed by atoms with van der Waals surface area (Å²) in [7, 11) is 0. The van der Waals surface area contributed by atoms with Crippen molar-refractivity contribution in [2.24, 2.45) is 23.5 Å². The zero-order valence-corrected chi connectivity index (χ0v) is 13.3. The minimum atomic E-state index is -0.596. The van der Waals surface area contributed by atoms with Crippen LogP contribution in [0.1, 0.15) is 38.7 Å². The van der Waals surface area contributed by atoms with Crippen LogP contribution in [0.5, 0.6) is 0 Å². The predicted molar refractivity (Wildman–Crippen MR) is 84.9 cm³/mol. The number of rotatable bonds is 9. The molecule has 5 nitrogen and oxygen atoms in total. The van der Waals surface area contributed by atoms with E-state index < -0.39 is 23.7 Å². The molecule has 122 valence electrons. The highest BCUT2D eigenvalue weighted by molar-refractivity contribution is 5.86. The molecule has 0 radical (unpaired) electrons. The second-order valence-electron chi connectivity index (χ2n) is 5.77. The Bertz CT molecular complexity index is 476. The maximum absolute atomic E-state index is 12.0. The fourth-order valence-electron chi connectivity index (χ4n) is 2.86. The van der Waals surface area contributed by atoms with Crippen LogP contribution in [0.15, 0.2) is 30.3 Å². The molecule has 1 unspecified atom stereocenters. The summed E-state index contributed by atoms with van der Waals surface area (Å²) in [5.41, 5.74) is 8.36. The number of benzene rings is 1. The van der Waals surface area contributed by atoms with Gasteiger partial charge in [-0.1, -0.05) is 50.6 Å². The first kappa shape index (κ1) is 18.2. The summed E-state index contributed by atoms with van der Waals surface area (Å²) in [4.78, 5) is 23.7. The fourth-order valence-corrected chi connectivity index (χ4v) is 2.86. The molecule has 1 aromatic carbocycles. The number of hydrogen-bond acceptors (Lipinski definition) is 3. The van der Waals surface area contributed by atoms with Gasteiger partial charge in [-0.3, -0.25) is 14.8 Å². The molecule has 0 aliphatic carbocycles. The van der Waals surface area contributed by atoms with Crippen LogP contribution in [0.25, 0.3) is 0 Å². The predicted octanol–water partition coefficient (Wildman–Crippen LogP) is 2.28. The summed E-state index contributed by atoms with van der Waals surface area (Å²) in [6.45, 7) is 3.86. The van der Waals surface area contributed by atoms with Gasteiger partial charge in [-0.25, -0.2) is 5.48 Å². The number of carbonyl (C=O) groups excluding carboxylic acids is 2. The quantitative estimate of drug-likeness (QED) is 0.483. The van der Waals surface area contributed by atoms with Crippen molar-refractivity contribution in [2.75, 3.05) is 0 Å². The summed E-state index contributed by atoms with van der Waals surface area (Å²) >= 11 is 0. The Hall–Kier alpha value is -1.88. The van der Waals surface area contributed by atoms with E-state index in [9.17, 15) is 9.59 Å². The second-order valence-corrected chi connectivity index (χ2v) is 5.77. The van der Waals surface area contributed by atoms with Gasteiger partial charge in [-0.15, -0.1) is 0 Å². The lowest BCUT2D eigenvalue weighted by atomic mass is 9.77. The zero-order valence-electron chi connectivity index (χ0n) is 13.3. The lowest BCUT2D eigenvalue weighted by molar-refractivity contribution is -0.141. The lowest BCUT2D eigenvalue weighted by Crippen LogP contribution is -2.42. The molecule has 3 atom stereocenters. The third kappa shape index (κ3) is 5.15. The minimum Gasteiger partial charge on any atom is -0.369 e. The van der Waals surface area contributed by atoms with Crippen LogP contribution >= 0.6 is 0 Å². The first-order valence-electron chi connectivity index (χ1n) is 7.78. The summed E-state index contributed by atoms with van der Waals surface area (Å²) in [5.74, 6) is -2.18. The first-order chi connectivity index (χ1) is 10.5. The van der Waals surface area contributed by atoms with E-state index in [-0.39, 0.29) is 5.92 Å². The van der Waals surface area contributed by atoms with Gasteiger partial charge in [-0.2, -0.15) is 0 Å². The Morgan fingerprint density at radius 3 is 2.41 bits per heavy atom. The first-order valence-corrected chi connectivity index (χ1v) is 7.78. The smallest absolute Gasteiger partial charge is 0.247 e. The number of hydrogen-bond donors (Lipinski definition) is 3. The van der Waals surface area contributed by atoms with Crippen molar-refractivity contribution in [3.05, 3.63) is 35.9 Å². The molecule has 0 heterocycles. The summed E-state index contributed by atoms with van der Waals surface area (Å²) in [5, 5.41) is 8.96. The van der Waals surface area contributed by atoms with Crippen LogP contribution in [0, 0.1) is 17.8 Å². The average molecular weight is 306 g/mol. The third-order valence-electron chi connectivity index (χ3n) is 4.29. The Labute approximate surface area is 131 Å². The molecule has 0 aromatic heterocycles. The molecule has 22 heavy (non-hydrogen) atoms. The Kier molecular flexibility index (Phi) is 7.60. The van der Waals surface area contributed by atoms with E-state index in [4.69, 9.17) is 10.9 Å². The van der Waals surface area contributed by atoms with Gasteiger partial charge < -0.3 is 5.73 Å². The summed E-state index contributed by atoms with van der Waals surface area (Å²) in [6.07, 6.45) is 2.84. The molecule has 5 heteroatoms. The molecule has 0 fully saturated rings. The van der Waals surface area contributed by atoms with Crippen LogP contribution in [0.4, 0.5) is 0 Å². The van der Waals surface area contributed by atoms with Crippen LogP contribution in [-0.4, -0.2) is 17.0 Å². The molecule has 0 aliphatic rings. The van der Waals surface area contributed by atoms with Crippen LogP contribution in [0.3, 0.4) is 0 Å². The van der Waals surface area contributed by atoms with Gasteiger partial charge in [0.1, 0.15) is 0 Å². The van der Waals surface area contributed by atoms with Crippen molar-refractivity contribution in [1.29, 1.82) is 0 Å². The van der Waals surface area contributed by atoms with Crippen molar-refractivity contribution in [3.63, 3.8) is 0 Å². The second kappa shape index (κ2) is 9.20. The van der Waals surface area contributed by atoms with Crippen molar-refractivity contribution < 1.29 is 14.8 Å². The summed E-state index contributed by atoms with van der Waals surface area (Å²) < 4.78 is 0. The average Bonchev–Trinajstić information content (AvgIpc) is 2.53. The van der Waals surface area contributed by atoms with Gasteiger partial charge >= 0.3 is 0 Å². The Morgan fingerprint density at radius 1 is 1.27 bits per heavy atom. The molecule has 0 saturated carbocycles. The number of primary amides is 1. The number of aryl methyl sites for hydroxylation is 1. The lowest BCUT2D eigenvalue weighted by Gasteiger charge is -2.27. The van der Waals surface area contributed by atoms with E-state index >= 15 is 0 Å². The fraction of sp³-hybridized carbons (Fsp3) is 0.529. The standard InChI is InChI=1S/C17H26N2O3/c1-3-12(2)15(16(18)20)14(17(21)19-22)11-7-10-13-8-5-4-6-9-13/h4-6,8-9,12,14-15,22H,3,7,10-11H2,1-2H3,(H2,18,20)(H,19,21)/t12?,14-,15+/m0/s1. The van der Waals surface area contributed by atoms with Gasteiger partial charge in [0, 0.05) is 0 Å². The third-order valence-corrected chi connectivity index (χ3v) is 4.29. The van der Waals surface area contributed by atoms with Gasteiger partial charge in [0.05, 0.1) is 11.8 Å². The molecule has 1 aromatic rings. The number of nitrogens with two attached hydrogens (primary N) is 1. The number of amides is 2. The molecular formula is C17H26N2O3. The van der Waals surface area contributed by atoms with E-state index in [2.05, 4.69) is 0 Å². The molecule has 0 aliphatic heterocycles. The van der Waals surface area contributed by atoms with Crippen molar-refractivity contribution in [2.45, 2.75) is 39.5 Å². The van der Waals surface area contributed by atoms with E-state index in [1.807, 2.05) is 44.2 Å². The van der Waals surface area contributed by atoms with E-state index in [1.54, 1.807) is 5.48 Å². The number of carbonyl (C=O) groups is 2. The molecule has 0 spiro atoms. The largest absolute Gasteiger partial charge is 0.369 e. The monoisotopic (exact) mass is 306 g/mol. The van der Waals surface area contributed by atoms with Crippen LogP contribution < -0.4 is 11.2 Å².